The van der Waals surface area contributed by atoms with Gasteiger partial charge in [-0.05, 0) is 30.8 Å². The van der Waals surface area contributed by atoms with Crippen molar-refractivity contribution in [3.8, 4) is 11.5 Å². The second-order valence-corrected chi connectivity index (χ2v) is 4.05. The molecule has 1 heterocycles. The van der Waals surface area contributed by atoms with Crippen LogP contribution in [-0.4, -0.2) is 28.6 Å². The molecule has 7 heteroatoms. The van der Waals surface area contributed by atoms with E-state index in [9.17, 15) is 0 Å². The molecule has 2 rings (SSSR count). The monoisotopic (exact) mass is 273 g/mol. The molecular formula is C13H15N5O2. The smallest absolute Gasteiger partial charge is 0.270 e. The van der Waals surface area contributed by atoms with Crippen molar-refractivity contribution in [1.82, 2.24) is 10.2 Å². The lowest BCUT2D eigenvalue weighted by Gasteiger charge is -2.00. The third-order valence-electron chi connectivity index (χ3n) is 2.63. The van der Waals surface area contributed by atoms with Gasteiger partial charge in [0.15, 0.2) is 5.70 Å². The third-order valence-corrected chi connectivity index (χ3v) is 2.63. The van der Waals surface area contributed by atoms with Gasteiger partial charge in [-0.25, -0.2) is 0 Å². The number of benzene rings is 1. The van der Waals surface area contributed by atoms with Crippen molar-refractivity contribution in [3.63, 3.8) is 0 Å². The zero-order valence-corrected chi connectivity index (χ0v) is 10.8. The van der Waals surface area contributed by atoms with Gasteiger partial charge < -0.3 is 21.0 Å². The van der Waals surface area contributed by atoms with Crippen molar-refractivity contribution in [2.24, 2.45) is 16.5 Å². The van der Waals surface area contributed by atoms with Crippen molar-refractivity contribution >= 4 is 12.4 Å². The summed E-state index contributed by atoms with van der Waals surface area (Å²) in [6.45, 7) is 3.43. The highest BCUT2D eigenvalue weighted by atomic mass is 16.4. The number of aliphatic hydroxyl groups excluding tert-OH is 1. The van der Waals surface area contributed by atoms with Gasteiger partial charge in [-0.2, -0.15) is 0 Å². The number of hydrogen-bond donors (Lipinski definition) is 3. The maximum Gasteiger partial charge on any atom is 0.270 e. The lowest BCUT2D eigenvalue weighted by Crippen LogP contribution is -2.10. The highest BCUT2D eigenvalue weighted by Crippen LogP contribution is 2.22. The Morgan fingerprint density at radius 3 is 2.80 bits per heavy atom. The van der Waals surface area contributed by atoms with Crippen molar-refractivity contribution in [3.05, 3.63) is 41.5 Å². The van der Waals surface area contributed by atoms with E-state index in [4.69, 9.17) is 21.0 Å². The molecule has 5 N–H and O–H groups in total. The molecule has 0 amide bonds. The van der Waals surface area contributed by atoms with Crippen LogP contribution >= 0.6 is 0 Å². The molecule has 104 valence electrons. The van der Waals surface area contributed by atoms with Crippen molar-refractivity contribution in [2.75, 3.05) is 6.61 Å². The van der Waals surface area contributed by atoms with E-state index in [1.165, 1.54) is 0 Å². The molecule has 0 spiro atoms. The summed E-state index contributed by atoms with van der Waals surface area (Å²) < 4.78 is 5.48. The SMILES string of the molecule is C=NC(=C(N)N)c1nnc(-c2cccc(CCO)c2)o1. The molecule has 0 atom stereocenters. The van der Waals surface area contributed by atoms with Gasteiger partial charge in [-0.15, -0.1) is 10.2 Å². The Labute approximate surface area is 115 Å². The predicted molar refractivity (Wildman–Crippen MR) is 75.4 cm³/mol. The summed E-state index contributed by atoms with van der Waals surface area (Å²) in [6, 6.07) is 7.45. The Morgan fingerprint density at radius 1 is 1.35 bits per heavy atom. The molecule has 20 heavy (non-hydrogen) atoms. The number of aliphatic hydroxyl groups is 1. The van der Waals surface area contributed by atoms with E-state index >= 15 is 0 Å². The number of hydrogen-bond acceptors (Lipinski definition) is 7. The molecule has 1 aromatic carbocycles. The summed E-state index contributed by atoms with van der Waals surface area (Å²) in [7, 11) is 0. The van der Waals surface area contributed by atoms with E-state index in [2.05, 4.69) is 21.9 Å². The van der Waals surface area contributed by atoms with Gasteiger partial charge in [0.2, 0.25) is 5.89 Å². The van der Waals surface area contributed by atoms with E-state index in [1.807, 2.05) is 24.3 Å². The van der Waals surface area contributed by atoms with Gasteiger partial charge in [0, 0.05) is 12.2 Å². The first-order chi connectivity index (χ1) is 9.65. The van der Waals surface area contributed by atoms with Crippen LogP contribution in [0.1, 0.15) is 11.5 Å². The van der Waals surface area contributed by atoms with Crippen LogP contribution < -0.4 is 11.5 Å². The molecule has 0 bridgehead atoms. The number of nitrogens with zero attached hydrogens (tertiary/aromatic N) is 3. The van der Waals surface area contributed by atoms with Crippen LogP contribution in [0.3, 0.4) is 0 Å². The summed E-state index contributed by atoms with van der Waals surface area (Å²) in [5.41, 5.74) is 12.8. The second kappa shape index (κ2) is 5.98. The minimum atomic E-state index is -0.0377. The van der Waals surface area contributed by atoms with Crippen LogP contribution in [0, 0.1) is 0 Å². The van der Waals surface area contributed by atoms with Crippen LogP contribution in [0.15, 0.2) is 39.5 Å². The number of aliphatic imine (C=N–C) groups is 1. The highest BCUT2D eigenvalue weighted by molar-refractivity contribution is 5.65. The van der Waals surface area contributed by atoms with Gasteiger partial charge in [-0.3, -0.25) is 4.99 Å². The van der Waals surface area contributed by atoms with Crippen molar-refractivity contribution < 1.29 is 9.52 Å². The van der Waals surface area contributed by atoms with E-state index < -0.39 is 0 Å². The summed E-state index contributed by atoms with van der Waals surface area (Å²) in [4.78, 5) is 3.66. The average molecular weight is 273 g/mol. The first-order valence-corrected chi connectivity index (χ1v) is 5.91. The summed E-state index contributed by atoms with van der Waals surface area (Å²) in [6.07, 6.45) is 0.559. The third kappa shape index (κ3) is 2.83. The Bertz CT molecular complexity index is 644. The molecule has 0 aliphatic carbocycles. The fourth-order valence-corrected chi connectivity index (χ4v) is 1.71. The van der Waals surface area contributed by atoms with Gasteiger partial charge in [-0.1, -0.05) is 12.1 Å². The highest BCUT2D eigenvalue weighted by Gasteiger charge is 2.14. The first-order valence-electron chi connectivity index (χ1n) is 5.91. The molecule has 7 nitrogen and oxygen atoms in total. The zero-order chi connectivity index (χ0) is 14.5. The van der Waals surface area contributed by atoms with Gasteiger partial charge in [0.05, 0.1) is 0 Å². The minimum Gasteiger partial charge on any atom is -0.414 e. The fraction of sp³-hybridized carbons (Fsp3) is 0.154. The lowest BCUT2D eigenvalue weighted by molar-refractivity contribution is 0.299. The summed E-state index contributed by atoms with van der Waals surface area (Å²) >= 11 is 0. The lowest BCUT2D eigenvalue weighted by atomic mass is 10.1. The Morgan fingerprint density at radius 2 is 2.15 bits per heavy atom. The van der Waals surface area contributed by atoms with Crippen LogP contribution in [0.2, 0.25) is 0 Å². The van der Waals surface area contributed by atoms with Gasteiger partial charge >= 0.3 is 0 Å². The van der Waals surface area contributed by atoms with Gasteiger partial charge in [0.1, 0.15) is 5.82 Å². The normalized spacial score (nSPS) is 10.2. The van der Waals surface area contributed by atoms with Crippen LogP contribution in [0.5, 0.6) is 0 Å². The molecule has 0 saturated carbocycles. The Balaban J connectivity index is 2.36. The molecule has 0 aliphatic rings. The van der Waals surface area contributed by atoms with Crippen LogP contribution in [0.4, 0.5) is 0 Å². The largest absolute Gasteiger partial charge is 0.414 e. The predicted octanol–water partition coefficient (Wildman–Crippen LogP) is 0.515. The zero-order valence-electron chi connectivity index (χ0n) is 10.8. The topological polar surface area (TPSA) is 124 Å². The molecule has 0 aliphatic heterocycles. The minimum absolute atomic E-state index is 0.0377. The van der Waals surface area contributed by atoms with Crippen LogP contribution in [-0.2, 0) is 6.42 Å². The Hall–Kier alpha value is -2.67. The standard InChI is InChI=1S/C13H15N5O2/c1-16-10(11(14)15)13-18-17-12(20-13)9-4-2-3-8(7-9)5-6-19/h2-4,7,19H,1,5-6,14-15H2. The molecule has 0 unspecified atom stereocenters. The molecule has 0 saturated heterocycles. The quantitative estimate of drug-likeness (QED) is 0.682. The van der Waals surface area contributed by atoms with Gasteiger partial charge in [0.25, 0.3) is 5.89 Å². The molecular weight excluding hydrogens is 258 g/mol. The fourth-order valence-electron chi connectivity index (χ4n) is 1.71. The molecule has 2 aromatic rings. The number of aromatic nitrogens is 2. The molecule has 0 radical (unpaired) electrons. The average Bonchev–Trinajstić information content (AvgIpc) is 2.89. The molecule has 1 aromatic heterocycles. The second-order valence-electron chi connectivity index (χ2n) is 4.05. The first kappa shape index (κ1) is 13.8. The number of nitrogens with two attached hydrogens (primary N) is 2. The van der Waals surface area contributed by atoms with Crippen molar-refractivity contribution in [2.45, 2.75) is 6.42 Å². The van der Waals surface area contributed by atoms with E-state index in [1.54, 1.807) is 0 Å². The van der Waals surface area contributed by atoms with E-state index in [-0.39, 0.29) is 24.0 Å². The summed E-state index contributed by atoms with van der Waals surface area (Å²) in [5, 5.41) is 16.7. The Kier molecular flexibility index (Phi) is 4.11. The summed E-state index contributed by atoms with van der Waals surface area (Å²) in [5.74, 6) is 0.397. The maximum atomic E-state index is 8.95. The molecule has 0 fully saturated rings. The number of rotatable bonds is 5. The van der Waals surface area contributed by atoms with Crippen molar-refractivity contribution in [1.29, 1.82) is 0 Å². The van der Waals surface area contributed by atoms with E-state index in [0.29, 0.717) is 12.3 Å². The van der Waals surface area contributed by atoms with Crippen LogP contribution in [0.25, 0.3) is 17.2 Å². The van der Waals surface area contributed by atoms with E-state index in [0.717, 1.165) is 11.1 Å². The maximum absolute atomic E-state index is 8.95.